The summed E-state index contributed by atoms with van der Waals surface area (Å²) in [5.41, 5.74) is -0.425. The Morgan fingerprint density at radius 1 is 1.40 bits per heavy atom. The van der Waals surface area contributed by atoms with Crippen LogP contribution < -0.4 is 10.1 Å². The molecule has 5 nitrogen and oxygen atoms in total. The molecule has 0 bridgehead atoms. The summed E-state index contributed by atoms with van der Waals surface area (Å²) in [5.74, 6) is -0.445. The molecule has 2 rings (SSSR count). The molecule has 0 saturated carbocycles. The average molecular weight is 387 g/mol. The predicted octanol–water partition coefficient (Wildman–Crippen LogP) is 4.29. The number of pyridine rings is 1. The Kier molecular flexibility index (Phi) is 5.89. The Morgan fingerprint density at radius 2 is 2.04 bits per heavy atom. The maximum absolute atomic E-state index is 12.7. The summed E-state index contributed by atoms with van der Waals surface area (Å²) in [7, 11) is 1.42. The third kappa shape index (κ3) is 3.87. The number of hydrogen-bond donors (Lipinski definition) is 2. The normalized spacial score (nSPS) is 26.1. The molecule has 1 aromatic heterocycles. The summed E-state index contributed by atoms with van der Waals surface area (Å²) in [6.45, 7) is 8.03. The second-order valence-electron chi connectivity index (χ2n) is 7.19. The van der Waals surface area contributed by atoms with E-state index in [0.717, 1.165) is 0 Å². The molecule has 7 heteroatoms. The van der Waals surface area contributed by atoms with Gasteiger partial charge in [-0.2, -0.15) is 0 Å². The maximum atomic E-state index is 12.7. The maximum Gasteiger partial charge on any atom is 0.274 e. The van der Waals surface area contributed by atoms with E-state index < -0.39 is 5.91 Å². The van der Waals surface area contributed by atoms with Gasteiger partial charge in [-0.1, -0.05) is 50.9 Å². The van der Waals surface area contributed by atoms with E-state index in [1.807, 2.05) is 27.7 Å². The molecule has 1 aliphatic carbocycles. The fourth-order valence-electron chi connectivity index (χ4n) is 3.11. The van der Waals surface area contributed by atoms with E-state index in [2.05, 4.69) is 10.3 Å². The highest BCUT2D eigenvalue weighted by molar-refractivity contribution is 6.39. The van der Waals surface area contributed by atoms with Gasteiger partial charge in [-0.05, 0) is 18.3 Å². The van der Waals surface area contributed by atoms with Crippen LogP contribution in [0.15, 0.2) is 22.3 Å². The van der Waals surface area contributed by atoms with Crippen LogP contribution in [-0.4, -0.2) is 29.1 Å². The van der Waals surface area contributed by atoms with E-state index in [1.54, 1.807) is 0 Å². The second kappa shape index (κ2) is 7.42. The Labute approximate surface area is 158 Å². The van der Waals surface area contributed by atoms with Crippen LogP contribution in [0.1, 0.15) is 44.6 Å². The highest BCUT2D eigenvalue weighted by atomic mass is 35.5. The van der Waals surface area contributed by atoms with Gasteiger partial charge in [-0.3, -0.25) is 4.79 Å². The predicted molar refractivity (Wildman–Crippen MR) is 99.2 cm³/mol. The van der Waals surface area contributed by atoms with Crippen LogP contribution in [0.5, 0.6) is 11.5 Å². The first-order valence-corrected chi connectivity index (χ1v) is 8.94. The molecule has 3 atom stereocenters. The van der Waals surface area contributed by atoms with E-state index in [1.165, 1.54) is 19.4 Å². The number of carbonyl (C=O) groups excluding carboxylic acids is 1. The third-order valence-electron chi connectivity index (χ3n) is 5.00. The molecule has 25 heavy (non-hydrogen) atoms. The molecule has 1 heterocycles. The zero-order valence-corrected chi connectivity index (χ0v) is 16.6. The van der Waals surface area contributed by atoms with Crippen molar-refractivity contribution in [1.29, 1.82) is 0 Å². The molecule has 1 aromatic rings. The van der Waals surface area contributed by atoms with Crippen molar-refractivity contribution in [3.05, 3.63) is 28.0 Å². The second-order valence-corrected chi connectivity index (χ2v) is 7.97. The van der Waals surface area contributed by atoms with Gasteiger partial charge < -0.3 is 15.2 Å². The zero-order chi connectivity index (χ0) is 18.9. The first-order chi connectivity index (χ1) is 11.6. The molecule has 0 fully saturated rings. The van der Waals surface area contributed by atoms with E-state index in [4.69, 9.17) is 27.9 Å². The molecule has 2 N–H and O–H groups in total. The number of aromatic hydroxyl groups is 1. The van der Waals surface area contributed by atoms with Crippen molar-refractivity contribution in [3.63, 3.8) is 0 Å². The number of aromatic nitrogens is 1. The largest absolute Gasteiger partial charge is 0.503 e. The summed E-state index contributed by atoms with van der Waals surface area (Å²) >= 11 is 12.9. The average Bonchev–Trinajstić information content (AvgIpc) is 2.62. The Balaban J connectivity index is 2.29. The van der Waals surface area contributed by atoms with E-state index >= 15 is 0 Å². The van der Waals surface area contributed by atoms with Crippen molar-refractivity contribution >= 4 is 29.1 Å². The van der Waals surface area contributed by atoms with Crippen molar-refractivity contribution in [2.45, 2.75) is 40.2 Å². The van der Waals surface area contributed by atoms with Gasteiger partial charge in [0.2, 0.25) is 0 Å². The summed E-state index contributed by atoms with van der Waals surface area (Å²) in [6.07, 6.45) is 2.05. The number of rotatable bonds is 3. The molecule has 1 aliphatic rings. The lowest BCUT2D eigenvalue weighted by molar-refractivity contribution is 0.0898. The minimum atomic E-state index is -0.453. The first kappa shape index (κ1) is 19.9. The highest BCUT2D eigenvalue weighted by Gasteiger charge is 2.39. The smallest absolute Gasteiger partial charge is 0.274 e. The summed E-state index contributed by atoms with van der Waals surface area (Å²) < 4.78 is 5.03. The Hall–Kier alpha value is -1.46. The zero-order valence-electron chi connectivity index (χ0n) is 15.1. The van der Waals surface area contributed by atoms with Crippen LogP contribution in [0.25, 0.3) is 0 Å². The van der Waals surface area contributed by atoms with Gasteiger partial charge in [0.1, 0.15) is 0 Å². The minimum Gasteiger partial charge on any atom is -0.503 e. The quantitative estimate of drug-likeness (QED) is 0.812. The number of carbonyl (C=O) groups is 1. The van der Waals surface area contributed by atoms with Gasteiger partial charge in [0.05, 0.1) is 7.11 Å². The van der Waals surface area contributed by atoms with E-state index in [9.17, 15) is 9.90 Å². The SMILES string of the molecule is COc1ccnc(C(=O)NC2CC(C)(C)C(Cl)=C(Cl)[C@H](C)[C@H]2C)c1O. The summed E-state index contributed by atoms with van der Waals surface area (Å²) in [6, 6.07) is 1.32. The summed E-state index contributed by atoms with van der Waals surface area (Å²) in [4.78, 5) is 16.7. The highest BCUT2D eigenvalue weighted by Crippen LogP contribution is 2.46. The molecular weight excluding hydrogens is 363 g/mol. The van der Waals surface area contributed by atoms with E-state index in [-0.39, 0.29) is 40.5 Å². The van der Waals surface area contributed by atoms with Crippen LogP contribution in [0.3, 0.4) is 0 Å². The van der Waals surface area contributed by atoms with Gasteiger partial charge in [-0.15, -0.1) is 0 Å². The fraction of sp³-hybridized carbons (Fsp3) is 0.556. The fourth-order valence-corrected chi connectivity index (χ4v) is 3.82. The molecule has 1 amide bonds. The van der Waals surface area contributed by atoms with Crippen molar-refractivity contribution < 1.29 is 14.6 Å². The molecule has 0 aromatic carbocycles. The molecule has 0 spiro atoms. The minimum absolute atomic E-state index is 0.00751. The third-order valence-corrected chi connectivity index (χ3v) is 6.34. The van der Waals surface area contributed by atoms with Gasteiger partial charge in [0, 0.05) is 33.8 Å². The van der Waals surface area contributed by atoms with Crippen LogP contribution in [0.4, 0.5) is 0 Å². The van der Waals surface area contributed by atoms with Gasteiger partial charge in [0.15, 0.2) is 17.2 Å². The number of allylic oxidation sites excluding steroid dienone is 2. The lowest BCUT2D eigenvalue weighted by Crippen LogP contribution is -2.43. The Bertz CT molecular complexity index is 704. The van der Waals surface area contributed by atoms with Crippen LogP contribution in [0.2, 0.25) is 0 Å². The molecule has 1 unspecified atom stereocenters. The van der Waals surface area contributed by atoms with Crippen molar-refractivity contribution in [3.8, 4) is 11.5 Å². The number of hydrogen-bond acceptors (Lipinski definition) is 4. The van der Waals surface area contributed by atoms with Crippen LogP contribution in [0, 0.1) is 17.3 Å². The molecule has 0 aliphatic heterocycles. The lowest BCUT2D eigenvalue weighted by Gasteiger charge is -2.31. The number of amides is 1. The monoisotopic (exact) mass is 386 g/mol. The molecule has 138 valence electrons. The number of ether oxygens (including phenoxy) is 1. The van der Waals surface area contributed by atoms with Crippen molar-refractivity contribution in [2.24, 2.45) is 17.3 Å². The van der Waals surface area contributed by atoms with Crippen molar-refractivity contribution in [1.82, 2.24) is 10.3 Å². The number of halogens is 2. The Morgan fingerprint density at radius 3 is 2.64 bits per heavy atom. The van der Waals surface area contributed by atoms with Crippen LogP contribution >= 0.6 is 23.2 Å². The molecule has 0 saturated heterocycles. The van der Waals surface area contributed by atoms with E-state index in [0.29, 0.717) is 16.5 Å². The number of methoxy groups -OCH3 is 1. The van der Waals surface area contributed by atoms with Gasteiger partial charge >= 0.3 is 0 Å². The lowest BCUT2D eigenvalue weighted by atomic mass is 9.82. The first-order valence-electron chi connectivity index (χ1n) is 8.18. The number of nitrogens with zero attached hydrogens (tertiary/aromatic N) is 1. The topological polar surface area (TPSA) is 71.5 Å². The van der Waals surface area contributed by atoms with Crippen LogP contribution in [-0.2, 0) is 0 Å². The van der Waals surface area contributed by atoms with Crippen molar-refractivity contribution in [2.75, 3.05) is 7.11 Å². The number of nitrogens with one attached hydrogen (secondary N) is 1. The van der Waals surface area contributed by atoms with Gasteiger partial charge in [-0.25, -0.2) is 4.98 Å². The van der Waals surface area contributed by atoms with Gasteiger partial charge in [0.25, 0.3) is 5.91 Å². The summed E-state index contributed by atoms with van der Waals surface area (Å²) in [5, 5.41) is 14.4. The molecular formula is C18H24Cl2N2O3. The molecule has 0 radical (unpaired) electrons. The standard InChI is InChI=1S/C18H24Cl2N2O3/c1-9-10(2)13(19)16(20)18(3,4)8-11(9)22-17(24)14-15(23)12(25-5)6-7-21-14/h6-7,9-11,23H,8H2,1-5H3,(H,22,24)/t9-,10-,11?/m1/s1.